The van der Waals surface area contributed by atoms with Gasteiger partial charge in [-0.1, -0.05) is 48.0 Å². The average molecular weight is 397 g/mol. The molecule has 0 unspecified atom stereocenters. The fraction of sp³-hybridized carbons (Fsp3) is 0.182. The highest BCUT2D eigenvalue weighted by molar-refractivity contribution is 6.31. The minimum Gasteiger partial charge on any atom is -0.481 e. The summed E-state index contributed by atoms with van der Waals surface area (Å²) in [4.78, 5) is 23.7. The number of aromatic nitrogens is 1. The third-order valence-corrected chi connectivity index (χ3v) is 4.75. The first-order chi connectivity index (χ1) is 13.4. The van der Waals surface area contributed by atoms with Gasteiger partial charge in [-0.3, -0.25) is 9.59 Å². The Morgan fingerprint density at radius 2 is 1.82 bits per heavy atom. The molecule has 0 spiro atoms. The lowest BCUT2D eigenvalue weighted by molar-refractivity contribution is -0.137. The van der Waals surface area contributed by atoms with Crippen molar-refractivity contribution in [3.8, 4) is 11.3 Å². The van der Waals surface area contributed by atoms with Crippen LogP contribution in [0.4, 0.5) is 5.69 Å². The molecule has 2 N–H and O–H groups in total. The van der Waals surface area contributed by atoms with Crippen LogP contribution in [0.2, 0.25) is 5.02 Å². The number of carbonyl (C=O) groups is 2. The van der Waals surface area contributed by atoms with Gasteiger partial charge < -0.3 is 15.0 Å². The number of carboxylic acid groups (broad SMARTS) is 1. The predicted octanol–water partition coefficient (Wildman–Crippen LogP) is 4.77. The molecular weight excluding hydrogens is 376 g/mol. The van der Waals surface area contributed by atoms with Crippen molar-refractivity contribution < 1.29 is 14.7 Å². The van der Waals surface area contributed by atoms with Crippen LogP contribution in [0, 0.1) is 6.92 Å². The number of aryl methyl sites for hydroxylation is 2. The molecule has 1 amide bonds. The van der Waals surface area contributed by atoms with Crippen molar-refractivity contribution >= 4 is 29.2 Å². The van der Waals surface area contributed by atoms with Gasteiger partial charge in [0.1, 0.15) is 6.54 Å². The smallest absolute Gasteiger partial charge is 0.303 e. The molecule has 1 heterocycles. The molecule has 3 aromatic rings. The lowest BCUT2D eigenvalue weighted by Gasteiger charge is -2.15. The second-order valence-corrected chi connectivity index (χ2v) is 7.00. The molecule has 144 valence electrons. The molecule has 1 aromatic heterocycles. The minimum absolute atomic E-state index is 0.00721. The molecule has 6 heteroatoms. The van der Waals surface area contributed by atoms with E-state index in [1.165, 1.54) is 0 Å². The Morgan fingerprint density at radius 3 is 2.54 bits per heavy atom. The van der Waals surface area contributed by atoms with Gasteiger partial charge in [0.15, 0.2) is 0 Å². The van der Waals surface area contributed by atoms with E-state index < -0.39 is 5.97 Å². The van der Waals surface area contributed by atoms with Crippen molar-refractivity contribution in [1.29, 1.82) is 0 Å². The number of halogens is 1. The Balaban J connectivity index is 1.87. The van der Waals surface area contributed by atoms with Crippen LogP contribution < -0.4 is 5.32 Å². The van der Waals surface area contributed by atoms with E-state index in [-0.39, 0.29) is 18.9 Å². The third-order valence-electron chi connectivity index (χ3n) is 4.51. The SMILES string of the molecule is Cc1ccc(Cl)cc1NC(=O)Cn1c(CCC(=O)O)ccc1-c1ccccc1. The minimum atomic E-state index is -0.868. The van der Waals surface area contributed by atoms with Crippen LogP contribution in [0.3, 0.4) is 0 Å². The maximum Gasteiger partial charge on any atom is 0.303 e. The standard InChI is InChI=1S/C22H21ClN2O3/c1-15-7-8-17(23)13-19(15)24-21(26)14-25-18(10-12-22(27)28)9-11-20(25)16-5-3-2-4-6-16/h2-9,11,13H,10,12,14H2,1H3,(H,24,26)(H,27,28). The first-order valence-corrected chi connectivity index (χ1v) is 9.33. The number of amides is 1. The van der Waals surface area contributed by atoms with E-state index in [4.69, 9.17) is 16.7 Å². The molecule has 0 radical (unpaired) electrons. The summed E-state index contributed by atoms with van der Waals surface area (Å²) < 4.78 is 1.87. The lowest BCUT2D eigenvalue weighted by Crippen LogP contribution is -2.21. The molecule has 0 aliphatic rings. The van der Waals surface area contributed by atoms with Crippen LogP contribution >= 0.6 is 11.6 Å². The number of nitrogens with one attached hydrogen (secondary N) is 1. The zero-order valence-corrected chi connectivity index (χ0v) is 16.2. The molecule has 0 saturated heterocycles. The molecule has 2 aromatic carbocycles. The number of hydrogen-bond acceptors (Lipinski definition) is 2. The number of rotatable bonds is 7. The molecule has 0 fully saturated rings. The van der Waals surface area contributed by atoms with Gasteiger partial charge in [0.05, 0.1) is 6.42 Å². The summed E-state index contributed by atoms with van der Waals surface area (Å²) in [6.07, 6.45) is 0.360. The van der Waals surface area contributed by atoms with E-state index in [2.05, 4.69) is 5.32 Å². The molecule has 0 bridgehead atoms. The number of benzene rings is 2. The van der Waals surface area contributed by atoms with Crippen LogP contribution in [-0.2, 0) is 22.6 Å². The highest BCUT2D eigenvalue weighted by Crippen LogP contribution is 2.24. The van der Waals surface area contributed by atoms with Gasteiger partial charge in [0, 0.05) is 22.1 Å². The number of hydrogen-bond donors (Lipinski definition) is 2. The fourth-order valence-electron chi connectivity index (χ4n) is 3.07. The maximum atomic E-state index is 12.7. The van der Waals surface area contributed by atoms with Crippen molar-refractivity contribution in [2.75, 3.05) is 5.32 Å². The lowest BCUT2D eigenvalue weighted by atomic mass is 10.1. The molecule has 3 rings (SSSR count). The molecule has 0 atom stereocenters. The Hall–Kier alpha value is -3.05. The molecule has 0 saturated carbocycles. The Bertz CT molecular complexity index is 996. The highest BCUT2D eigenvalue weighted by Gasteiger charge is 2.15. The number of nitrogens with zero attached hydrogens (tertiary/aromatic N) is 1. The van der Waals surface area contributed by atoms with E-state index in [0.717, 1.165) is 22.5 Å². The highest BCUT2D eigenvalue weighted by atomic mass is 35.5. The zero-order chi connectivity index (χ0) is 20.1. The van der Waals surface area contributed by atoms with Crippen LogP contribution in [0.5, 0.6) is 0 Å². The van der Waals surface area contributed by atoms with Gasteiger partial charge in [-0.25, -0.2) is 0 Å². The van der Waals surface area contributed by atoms with Gasteiger partial charge in [-0.2, -0.15) is 0 Å². The average Bonchev–Trinajstić information content (AvgIpc) is 3.06. The van der Waals surface area contributed by atoms with Crippen LogP contribution in [0.25, 0.3) is 11.3 Å². The monoisotopic (exact) mass is 396 g/mol. The summed E-state index contributed by atoms with van der Waals surface area (Å²) in [7, 11) is 0. The second-order valence-electron chi connectivity index (χ2n) is 6.56. The summed E-state index contributed by atoms with van der Waals surface area (Å²) in [5.74, 6) is -1.07. The van der Waals surface area contributed by atoms with Crippen molar-refractivity contribution in [3.63, 3.8) is 0 Å². The van der Waals surface area contributed by atoms with Gasteiger partial charge in [0.25, 0.3) is 0 Å². The first kappa shape index (κ1) is 19.7. The zero-order valence-electron chi connectivity index (χ0n) is 15.5. The Kier molecular flexibility index (Phi) is 6.16. The third kappa shape index (κ3) is 4.81. The summed E-state index contributed by atoms with van der Waals surface area (Å²) in [5.41, 5.74) is 4.23. The van der Waals surface area contributed by atoms with Gasteiger partial charge in [-0.05, 0) is 48.7 Å². The van der Waals surface area contributed by atoms with Crippen molar-refractivity contribution in [3.05, 3.63) is 76.9 Å². The van der Waals surface area contributed by atoms with Crippen molar-refractivity contribution in [2.45, 2.75) is 26.3 Å². The van der Waals surface area contributed by atoms with E-state index in [1.54, 1.807) is 12.1 Å². The Labute approximate surface area is 168 Å². The van der Waals surface area contributed by atoms with Gasteiger partial charge in [-0.15, -0.1) is 0 Å². The number of carboxylic acids is 1. The van der Waals surface area contributed by atoms with E-state index >= 15 is 0 Å². The van der Waals surface area contributed by atoms with E-state index in [0.29, 0.717) is 17.1 Å². The van der Waals surface area contributed by atoms with Crippen molar-refractivity contribution in [2.24, 2.45) is 0 Å². The quantitative estimate of drug-likeness (QED) is 0.604. The van der Waals surface area contributed by atoms with Crippen LogP contribution in [-0.4, -0.2) is 21.6 Å². The van der Waals surface area contributed by atoms with Crippen molar-refractivity contribution in [1.82, 2.24) is 4.57 Å². The number of carbonyl (C=O) groups excluding carboxylic acids is 1. The predicted molar refractivity (Wildman–Crippen MR) is 111 cm³/mol. The number of aliphatic carboxylic acids is 1. The summed E-state index contributed by atoms with van der Waals surface area (Å²) in [5, 5.41) is 12.5. The Morgan fingerprint density at radius 1 is 1.07 bits per heavy atom. The fourth-order valence-corrected chi connectivity index (χ4v) is 3.25. The van der Waals surface area contributed by atoms with E-state index in [1.807, 2.05) is 60.0 Å². The maximum absolute atomic E-state index is 12.7. The molecular formula is C22H21ClN2O3. The van der Waals surface area contributed by atoms with Crippen LogP contribution in [0.15, 0.2) is 60.7 Å². The largest absolute Gasteiger partial charge is 0.481 e. The second kappa shape index (κ2) is 8.76. The van der Waals surface area contributed by atoms with Gasteiger partial charge in [0.2, 0.25) is 5.91 Å². The summed E-state index contributed by atoms with van der Waals surface area (Å²) in [6.45, 7) is 1.98. The molecule has 5 nitrogen and oxygen atoms in total. The molecule has 28 heavy (non-hydrogen) atoms. The topological polar surface area (TPSA) is 71.3 Å². The normalized spacial score (nSPS) is 10.6. The van der Waals surface area contributed by atoms with Gasteiger partial charge >= 0.3 is 5.97 Å². The molecule has 0 aliphatic carbocycles. The van der Waals surface area contributed by atoms with E-state index in [9.17, 15) is 9.59 Å². The summed E-state index contributed by atoms with van der Waals surface area (Å²) in [6, 6.07) is 18.9. The van der Waals surface area contributed by atoms with Crippen LogP contribution in [0.1, 0.15) is 17.7 Å². The summed E-state index contributed by atoms with van der Waals surface area (Å²) >= 11 is 6.03. The first-order valence-electron chi connectivity index (χ1n) is 8.95. The molecule has 0 aliphatic heterocycles. The number of anilines is 1.